The first-order valence-electron chi connectivity index (χ1n) is 5.78. The SMILES string of the molecule is CCn1cc(C(=O)Cl)c(=O)n(-c2ccc(F)cc2)c1=O. The number of nitrogens with zero attached hydrogens (tertiary/aromatic N) is 2. The van der Waals surface area contributed by atoms with Gasteiger partial charge in [0, 0.05) is 12.7 Å². The molecule has 0 radical (unpaired) electrons. The molecule has 7 heteroatoms. The van der Waals surface area contributed by atoms with Crippen molar-refractivity contribution in [1.82, 2.24) is 9.13 Å². The molecule has 20 heavy (non-hydrogen) atoms. The van der Waals surface area contributed by atoms with E-state index in [0.29, 0.717) is 0 Å². The van der Waals surface area contributed by atoms with E-state index >= 15 is 0 Å². The summed E-state index contributed by atoms with van der Waals surface area (Å²) in [4.78, 5) is 35.6. The molecule has 5 nitrogen and oxygen atoms in total. The van der Waals surface area contributed by atoms with E-state index in [0.717, 1.165) is 22.9 Å². The van der Waals surface area contributed by atoms with Crippen molar-refractivity contribution in [3.05, 3.63) is 62.7 Å². The van der Waals surface area contributed by atoms with Gasteiger partial charge in [0.1, 0.15) is 11.4 Å². The molecule has 0 spiro atoms. The van der Waals surface area contributed by atoms with Crippen LogP contribution in [0.1, 0.15) is 17.3 Å². The van der Waals surface area contributed by atoms with Crippen LogP contribution in [0.15, 0.2) is 40.1 Å². The van der Waals surface area contributed by atoms with Gasteiger partial charge in [0.15, 0.2) is 0 Å². The average Bonchev–Trinajstić information content (AvgIpc) is 2.41. The second-order valence-corrected chi connectivity index (χ2v) is 4.35. The molecule has 0 saturated heterocycles. The van der Waals surface area contributed by atoms with Crippen LogP contribution in [0.2, 0.25) is 0 Å². The molecule has 0 unspecified atom stereocenters. The first-order valence-corrected chi connectivity index (χ1v) is 6.15. The van der Waals surface area contributed by atoms with E-state index in [1.807, 2.05) is 0 Å². The Hall–Kier alpha value is -2.21. The van der Waals surface area contributed by atoms with Crippen molar-refractivity contribution in [3.8, 4) is 5.69 Å². The topological polar surface area (TPSA) is 61.1 Å². The average molecular weight is 297 g/mol. The summed E-state index contributed by atoms with van der Waals surface area (Å²) in [5, 5.41) is -0.951. The lowest BCUT2D eigenvalue weighted by Crippen LogP contribution is -2.40. The predicted octanol–water partition coefficient (Wildman–Crippen LogP) is 1.54. The van der Waals surface area contributed by atoms with Crippen LogP contribution in [0.5, 0.6) is 0 Å². The molecule has 0 atom stereocenters. The van der Waals surface area contributed by atoms with Crippen LogP contribution < -0.4 is 11.2 Å². The minimum absolute atomic E-state index is 0.170. The summed E-state index contributed by atoms with van der Waals surface area (Å²) in [6.45, 7) is 1.95. The minimum Gasteiger partial charge on any atom is -0.300 e. The lowest BCUT2D eigenvalue weighted by Gasteiger charge is -2.10. The molecule has 1 heterocycles. The van der Waals surface area contributed by atoms with E-state index in [4.69, 9.17) is 11.6 Å². The molecular weight excluding hydrogens is 287 g/mol. The fraction of sp³-hybridized carbons (Fsp3) is 0.154. The van der Waals surface area contributed by atoms with Gasteiger partial charge in [0.05, 0.1) is 5.69 Å². The Bertz CT molecular complexity index is 778. The van der Waals surface area contributed by atoms with E-state index in [2.05, 4.69) is 0 Å². The maximum atomic E-state index is 12.9. The third-order valence-electron chi connectivity index (χ3n) is 2.79. The monoisotopic (exact) mass is 296 g/mol. The molecule has 0 fully saturated rings. The molecule has 0 aliphatic heterocycles. The van der Waals surface area contributed by atoms with Gasteiger partial charge >= 0.3 is 5.69 Å². The molecular formula is C13H10ClFN2O3. The molecule has 0 bridgehead atoms. The summed E-state index contributed by atoms with van der Waals surface area (Å²) in [6, 6.07) is 4.79. The van der Waals surface area contributed by atoms with Gasteiger partial charge in [-0.2, -0.15) is 0 Å². The Morgan fingerprint density at radius 3 is 2.35 bits per heavy atom. The standard InChI is InChI=1S/C13H10ClFN2O3/c1-2-16-7-10(11(14)18)12(19)17(13(16)20)9-5-3-8(15)4-6-9/h3-7H,2H2,1H3. The Morgan fingerprint density at radius 1 is 1.25 bits per heavy atom. The van der Waals surface area contributed by atoms with Crippen LogP contribution in [0.3, 0.4) is 0 Å². The van der Waals surface area contributed by atoms with Gasteiger partial charge in [-0.15, -0.1) is 0 Å². The number of aromatic nitrogens is 2. The number of carbonyl (C=O) groups is 1. The molecule has 1 aromatic carbocycles. The zero-order chi connectivity index (χ0) is 14.9. The second kappa shape index (κ2) is 5.42. The van der Waals surface area contributed by atoms with Gasteiger partial charge in [0.2, 0.25) is 0 Å². The molecule has 0 N–H and O–H groups in total. The summed E-state index contributed by atoms with van der Waals surface area (Å²) in [6.07, 6.45) is 1.13. The van der Waals surface area contributed by atoms with Gasteiger partial charge in [0.25, 0.3) is 10.8 Å². The highest BCUT2D eigenvalue weighted by Crippen LogP contribution is 2.06. The van der Waals surface area contributed by atoms with Crippen molar-refractivity contribution < 1.29 is 9.18 Å². The minimum atomic E-state index is -0.951. The third kappa shape index (κ3) is 2.42. The highest BCUT2D eigenvalue weighted by molar-refractivity contribution is 6.67. The van der Waals surface area contributed by atoms with E-state index in [1.54, 1.807) is 6.92 Å². The van der Waals surface area contributed by atoms with Gasteiger partial charge in [-0.3, -0.25) is 14.2 Å². The number of hydrogen-bond donors (Lipinski definition) is 0. The molecule has 2 aromatic rings. The van der Waals surface area contributed by atoms with Crippen LogP contribution in [-0.2, 0) is 6.54 Å². The van der Waals surface area contributed by atoms with Crippen molar-refractivity contribution in [2.75, 3.05) is 0 Å². The lowest BCUT2D eigenvalue weighted by molar-refractivity contribution is 0.107. The number of halogens is 2. The van der Waals surface area contributed by atoms with Crippen LogP contribution in [0, 0.1) is 5.82 Å². The normalized spacial score (nSPS) is 10.6. The van der Waals surface area contributed by atoms with Crippen LogP contribution in [0.25, 0.3) is 5.69 Å². The number of carbonyl (C=O) groups excluding carboxylic acids is 1. The van der Waals surface area contributed by atoms with Crippen molar-refractivity contribution in [2.45, 2.75) is 13.5 Å². The first kappa shape index (κ1) is 14.2. The van der Waals surface area contributed by atoms with E-state index in [-0.39, 0.29) is 17.8 Å². The fourth-order valence-corrected chi connectivity index (χ4v) is 1.91. The third-order valence-corrected chi connectivity index (χ3v) is 3.00. The first-order chi connectivity index (χ1) is 9.45. The van der Waals surface area contributed by atoms with Crippen LogP contribution >= 0.6 is 11.6 Å². The Labute approximate surface area is 117 Å². The van der Waals surface area contributed by atoms with Gasteiger partial charge in [-0.25, -0.2) is 13.8 Å². The maximum Gasteiger partial charge on any atom is 0.335 e. The fourth-order valence-electron chi connectivity index (χ4n) is 1.78. The number of benzene rings is 1. The summed E-state index contributed by atoms with van der Waals surface area (Å²) in [7, 11) is 0. The zero-order valence-electron chi connectivity index (χ0n) is 10.5. The molecule has 0 aliphatic rings. The molecule has 0 aliphatic carbocycles. The van der Waals surface area contributed by atoms with Crippen molar-refractivity contribution in [2.24, 2.45) is 0 Å². The largest absolute Gasteiger partial charge is 0.335 e. The Morgan fingerprint density at radius 2 is 1.85 bits per heavy atom. The Balaban J connectivity index is 2.84. The molecule has 0 amide bonds. The summed E-state index contributed by atoms with van der Waals surface area (Å²) >= 11 is 5.35. The molecule has 2 rings (SSSR count). The number of aryl methyl sites for hydroxylation is 1. The van der Waals surface area contributed by atoms with Crippen molar-refractivity contribution >= 4 is 16.8 Å². The second-order valence-electron chi connectivity index (χ2n) is 4.00. The van der Waals surface area contributed by atoms with Crippen LogP contribution in [0.4, 0.5) is 4.39 Å². The zero-order valence-corrected chi connectivity index (χ0v) is 11.2. The van der Waals surface area contributed by atoms with Gasteiger partial charge in [-0.05, 0) is 42.8 Å². The quantitative estimate of drug-likeness (QED) is 0.807. The van der Waals surface area contributed by atoms with E-state index in [9.17, 15) is 18.8 Å². The van der Waals surface area contributed by atoms with Crippen LogP contribution in [-0.4, -0.2) is 14.4 Å². The van der Waals surface area contributed by atoms with Crippen molar-refractivity contribution in [1.29, 1.82) is 0 Å². The number of hydrogen-bond acceptors (Lipinski definition) is 3. The lowest BCUT2D eigenvalue weighted by atomic mass is 10.3. The van der Waals surface area contributed by atoms with Gasteiger partial charge < -0.3 is 0 Å². The number of rotatable bonds is 3. The predicted molar refractivity (Wildman–Crippen MR) is 72.1 cm³/mol. The molecule has 0 saturated carbocycles. The maximum absolute atomic E-state index is 12.9. The summed E-state index contributed by atoms with van der Waals surface area (Å²) in [5.41, 5.74) is -1.59. The van der Waals surface area contributed by atoms with E-state index < -0.39 is 22.3 Å². The summed E-state index contributed by atoms with van der Waals surface area (Å²) < 4.78 is 14.9. The molecule has 104 valence electrons. The highest BCUT2D eigenvalue weighted by atomic mass is 35.5. The van der Waals surface area contributed by atoms with Crippen molar-refractivity contribution in [3.63, 3.8) is 0 Å². The smallest absolute Gasteiger partial charge is 0.300 e. The van der Waals surface area contributed by atoms with Gasteiger partial charge in [-0.1, -0.05) is 0 Å². The molecule has 1 aromatic heterocycles. The van der Waals surface area contributed by atoms with E-state index in [1.165, 1.54) is 16.7 Å². The highest BCUT2D eigenvalue weighted by Gasteiger charge is 2.16. The Kier molecular flexibility index (Phi) is 3.85. The summed E-state index contributed by atoms with van der Waals surface area (Å²) in [5.74, 6) is -0.498.